The second-order valence-corrected chi connectivity index (χ2v) is 4.56. The van der Waals surface area contributed by atoms with E-state index in [1.165, 1.54) is 6.20 Å². The van der Waals surface area contributed by atoms with Crippen molar-refractivity contribution >= 4 is 35.1 Å². The number of nitrogens with zero attached hydrogens (tertiary/aromatic N) is 2. The first-order valence-electron chi connectivity index (χ1n) is 4.95. The Balaban J connectivity index is 2.77. The number of halogens is 1. The maximum atomic E-state index is 5.99. The zero-order chi connectivity index (χ0) is 12.0. The van der Waals surface area contributed by atoms with Crippen LogP contribution in [0.1, 0.15) is 13.3 Å². The van der Waals surface area contributed by atoms with Crippen LogP contribution in [0.25, 0.3) is 0 Å². The van der Waals surface area contributed by atoms with E-state index in [9.17, 15) is 0 Å². The number of hydrogen-bond donors (Lipinski definition) is 3. The van der Waals surface area contributed by atoms with Gasteiger partial charge in [0, 0.05) is 11.8 Å². The Morgan fingerprint density at radius 1 is 1.62 bits per heavy atom. The summed E-state index contributed by atoms with van der Waals surface area (Å²) in [6.07, 6.45) is 4.60. The maximum Gasteiger partial charge on any atom is 0.239 e. The summed E-state index contributed by atoms with van der Waals surface area (Å²) in [5.74, 6) is 7.21. The highest BCUT2D eigenvalue weighted by molar-refractivity contribution is 7.98. The molecule has 7 heteroatoms. The fourth-order valence-corrected chi connectivity index (χ4v) is 2.06. The average Bonchev–Trinajstić information content (AvgIpc) is 2.31. The molecule has 1 unspecified atom stereocenters. The summed E-state index contributed by atoms with van der Waals surface area (Å²) in [4.78, 5) is 8.07. The standard InChI is InChI=1S/C9H16ClN5S/c1-3-6(5-16-2)13-8-7(10)4-12-9(14-8)15-11/h4,6H,3,5,11H2,1-2H3,(H2,12,13,14,15). The molecule has 1 heterocycles. The summed E-state index contributed by atoms with van der Waals surface area (Å²) in [6.45, 7) is 2.12. The first kappa shape index (κ1) is 13.3. The molecule has 0 spiro atoms. The second kappa shape index (κ2) is 6.78. The fraction of sp³-hybridized carbons (Fsp3) is 0.556. The highest BCUT2D eigenvalue weighted by Gasteiger charge is 2.10. The molecule has 0 bridgehead atoms. The lowest BCUT2D eigenvalue weighted by atomic mass is 10.2. The Kier molecular flexibility index (Phi) is 5.65. The summed E-state index contributed by atoms with van der Waals surface area (Å²) in [5, 5.41) is 3.77. The Labute approximate surface area is 105 Å². The van der Waals surface area contributed by atoms with Crippen LogP contribution in [-0.2, 0) is 0 Å². The second-order valence-electron chi connectivity index (χ2n) is 3.24. The van der Waals surface area contributed by atoms with Crippen LogP contribution in [0.2, 0.25) is 5.02 Å². The number of thioether (sulfide) groups is 1. The van der Waals surface area contributed by atoms with Crippen LogP contribution in [0.3, 0.4) is 0 Å². The van der Waals surface area contributed by atoms with E-state index in [0.29, 0.717) is 22.8 Å². The summed E-state index contributed by atoms with van der Waals surface area (Å²) < 4.78 is 0. The van der Waals surface area contributed by atoms with Gasteiger partial charge in [-0.15, -0.1) is 0 Å². The zero-order valence-electron chi connectivity index (χ0n) is 9.33. The maximum absolute atomic E-state index is 5.99. The van der Waals surface area contributed by atoms with Gasteiger partial charge in [-0.05, 0) is 12.7 Å². The lowest BCUT2D eigenvalue weighted by molar-refractivity contribution is 0.769. The van der Waals surface area contributed by atoms with Gasteiger partial charge in [-0.1, -0.05) is 18.5 Å². The Bertz CT molecular complexity index is 336. The minimum absolute atomic E-state index is 0.341. The van der Waals surface area contributed by atoms with Gasteiger partial charge in [0.25, 0.3) is 0 Å². The minimum Gasteiger partial charge on any atom is -0.365 e. The van der Waals surface area contributed by atoms with Gasteiger partial charge in [0.05, 0.1) is 6.20 Å². The van der Waals surface area contributed by atoms with Crippen molar-refractivity contribution in [2.75, 3.05) is 22.8 Å². The van der Waals surface area contributed by atoms with Gasteiger partial charge >= 0.3 is 0 Å². The highest BCUT2D eigenvalue weighted by atomic mass is 35.5. The zero-order valence-corrected chi connectivity index (χ0v) is 10.9. The molecule has 0 saturated carbocycles. The van der Waals surface area contributed by atoms with E-state index in [4.69, 9.17) is 17.4 Å². The predicted octanol–water partition coefficient (Wildman–Crippen LogP) is 1.97. The third kappa shape index (κ3) is 3.70. The molecule has 90 valence electrons. The van der Waals surface area contributed by atoms with E-state index < -0.39 is 0 Å². The molecule has 0 aromatic carbocycles. The Hall–Kier alpha value is -0.720. The topological polar surface area (TPSA) is 75.9 Å². The monoisotopic (exact) mass is 261 g/mol. The summed E-state index contributed by atoms with van der Waals surface area (Å²) >= 11 is 7.77. The third-order valence-electron chi connectivity index (χ3n) is 2.07. The number of nitrogens with two attached hydrogens (primary N) is 1. The molecular formula is C9H16ClN5S. The molecule has 5 nitrogen and oxygen atoms in total. The predicted molar refractivity (Wildman–Crippen MR) is 70.9 cm³/mol. The molecule has 0 radical (unpaired) electrons. The number of nitrogens with one attached hydrogen (secondary N) is 2. The molecule has 0 amide bonds. The van der Waals surface area contributed by atoms with Crippen molar-refractivity contribution in [3.8, 4) is 0 Å². The smallest absolute Gasteiger partial charge is 0.239 e. The molecule has 0 fully saturated rings. The van der Waals surface area contributed by atoms with E-state index in [0.717, 1.165) is 12.2 Å². The van der Waals surface area contributed by atoms with Gasteiger partial charge < -0.3 is 5.32 Å². The van der Waals surface area contributed by atoms with Gasteiger partial charge in [0.2, 0.25) is 5.95 Å². The van der Waals surface area contributed by atoms with Gasteiger partial charge in [-0.2, -0.15) is 16.7 Å². The van der Waals surface area contributed by atoms with Gasteiger partial charge in [-0.25, -0.2) is 10.8 Å². The molecule has 16 heavy (non-hydrogen) atoms. The van der Waals surface area contributed by atoms with E-state index in [1.807, 2.05) is 0 Å². The third-order valence-corrected chi connectivity index (χ3v) is 3.09. The van der Waals surface area contributed by atoms with E-state index in [1.54, 1.807) is 11.8 Å². The van der Waals surface area contributed by atoms with Crippen molar-refractivity contribution in [1.82, 2.24) is 9.97 Å². The molecular weight excluding hydrogens is 246 g/mol. The van der Waals surface area contributed by atoms with Crippen LogP contribution in [0, 0.1) is 0 Å². The van der Waals surface area contributed by atoms with Crippen LogP contribution in [-0.4, -0.2) is 28.0 Å². The van der Waals surface area contributed by atoms with Crippen LogP contribution in [0.5, 0.6) is 0 Å². The number of hydrazine groups is 1. The number of anilines is 2. The van der Waals surface area contributed by atoms with Crippen molar-refractivity contribution in [2.24, 2.45) is 5.84 Å². The van der Waals surface area contributed by atoms with Gasteiger partial charge in [0.15, 0.2) is 5.82 Å². The molecule has 1 atom stereocenters. The number of hydrogen-bond acceptors (Lipinski definition) is 6. The van der Waals surface area contributed by atoms with Gasteiger partial charge in [-0.3, -0.25) is 5.43 Å². The molecule has 1 rings (SSSR count). The van der Waals surface area contributed by atoms with Crippen LogP contribution in [0.15, 0.2) is 6.20 Å². The van der Waals surface area contributed by atoms with Crippen LogP contribution in [0.4, 0.5) is 11.8 Å². The van der Waals surface area contributed by atoms with E-state index >= 15 is 0 Å². The first-order valence-corrected chi connectivity index (χ1v) is 6.73. The lowest BCUT2D eigenvalue weighted by Gasteiger charge is -2.17. The lowest BCUT2D eigenvalue weighted by Crippen LogP contribution is -2.22. The Morgan fingerprint density at radius 2 is 2.38 bits per heavy atom. The summed E-state index contributed by atoms with van der Waals surface area (Å²) in [6, 6.07) is 0.341. The van der Waals surface area contributed by atoms with E-state index in [2.05, 4.69) is 33.9 Å². The molecule has 0 aliphatic rings. The van der Waals surface area contributed by atoms with Crippen molar-refractivity contribution in [1.29, 1.82) is 0 Å². The number of rotatable bonds is 6. The molecule has 0 aliphatic heterocycles. The van der Waals surface area contributed by atoms with Crippen LogP contribution >= 0.6 is 23.4 Å². The highest BCUT2D eigenvalue weighted by Crippen LogP contribution is 2.21. The van der Waals surface area contributed by atoms with Crippen molar-refractivity contribution in [2.45, 2.75) is 19.4 Å². The molecule has 1 aromatic heterocycles. The van der Waals surface area contributed by atoms with Crippen LogP contribution < -0.4 is 16.6 Å². The molecule has 0 aliphatic carbocycles. The number of aromatic nitrogens is 2. The van der Waals surface area contributed by atoms with Gasteiger partial charge in [0.1, 0.15) is 5.02 Å². The number of nitrogen functional groups attached to an aromatic ring is 1. The SMILES string of the molecule is CCC(CSC)Nc1nc(NN)ncc1Cl. The average molecular weight is 262 g/mol. The van der Waals surface area contributed by atoms with Crippen molar-refractivity contribution in [3.63, 3.8) is 0 Å². The van der Waals surface area contributed by atoms with Crippen molar-refractivity contribution in [3.05, 3.63) is 11.2 Å². The summed E-state index contributed by atoms with van der Waals surface area (Å²) in [7, 11) is 0. The first-order chi connectivity index (χ1) is 7.71. The Morgan fingerprint density at radius 3 is 2.94 bits per heavy atom. The summed E-state index contributed by atoms with van der Waals surface area (Å²) in [5.41, 5.74) is 2.39. The van der Waals surface area contributed by atoms with E-state index in [-0.39, 0.29) is 0 Å². The molecule has 1 aromatic rings. The molecule has 0 saturated heterocycles. The fourth-order valence-electron chi connectivity index (χ4n) is 1.19. The van der Waals surface area contributed by atoms with Crippen molar-refractivity contribution < 1.29 is 0 Å². The molecule has 4 N–H and O–H groups in total. The minimum atomic E-state index is 0.341. The normalized spacial score (nSPS) is 12.2. The quantitative estimate of drug-likeness (QED) is 0.537. The largest absolute Gasteiger partial charge is 0.365 e.